The molecule has 0 amide bonds. The van der Waals surface area contributed by atoms with Gasteiger partial charge in [0.2, 0.25) is 0 Å². The average Bonchev–Trinajstić information content (AvgIpc) is 2.38. The predicted molar refractivity (Wildman–Crippen MR) is 84.3 cm³/mol. The Balaban J connectivity index is 2.27. The van der Waals surface area contributed by atoms with Crippen LogP contribution in [0.5, 0.6) is 0 Å². The van der Waals surface area contributed by atoms with E-state index in [4.69, 9.17) is 5.73 Å². The van der Waals surface area contributed by atoms with Gasteiger partial charge < -0.3 is 5.73 Å². The van der Waals surface area contributed by atoms with Crippen LogP contribution in [-0.4, -0.2) is 14.2 Å². The molecule has 0 radical (unpaired) electrons. The number of benzene rings is 2. The third-order valence-corrected chi connectivity index (χ3v) is 5.41. The molecule has 0 aliphatic heterocycles. The number of sulfone groups is 1. The summed E-state index contributed by atoms with van der Waals surface area (Å²) < 4.78 is 25.5. The second-order valence-corrected chi connectivity index (χ2v) is 7.65. The molecule has 2 aromatic carbocycles. The van der Waals surface area contributed by atoms with Crippen LogP contribution in [0.4, 0.5) is 0 Å². The lowest BCUT2D eigenvalue weighted by Gasteiger charge is -2.15. The molecule has 0 aliphatic carbocycles. The Morgan fingerprint density at radius 3 is 2.50 bits per heavy atom. The average molecular weight is 354 g/mol. The third kappa shape index (κ3) is 3.48. The summed E-state index contributed by atoms with van der Waals surface area (Å²) in [4.78, 5) is 0.288. The Morgan fingerprint density at radius 2 is 1.85 bits per heavy atom. The normalized spacial score (nSPS) is 13.2. The maximum absolute atomic E-state index is 12.4. The monoisotopic (exact) mass is 353 g/mol. The molecule has 1 atom stereocenters. The van der Waals surface area contributed by atoms with Crippen LogP contribution in [0.3, 0.4) is 0 Å². The van der Waals surface area contributed by atoms with Crippen LogP contribution in [0.2, 0.25) is 0 Å². The van der Waals surface area contributed by atoms with Crippen LogP contribution >= 0.6 is 15.9 Å². The zero-order valence-corrected chi connectivity index (χ0v) is 13.5. The first-order valence-electron chi connectivity index (χ1n) is 6.19. The Kier molecular flexibility index (Phi) is 4.62. The van der Waals surface area contributed by atoms with E-state index >= 15 is 0 Å². The molecular weight excluding hydrogens is 338 g/mol. The molecule has 0 saturated carbocycles. The first kappa shape index (κ1) is 15.2. The molecule has 0 fully saturated rings. The van der Waals surface area contributed by atoms with Crippen molar-refractivity contribution in [3.05, 3.63) is 64.1 Å². The Labute approximate surface area is 127 Å². The highest BCUT2D eigenvalue weighted by atomic mass is 79.9. The Morgan fingerprint density at radius 1 is 1.15 bits per heavy atom. The maximum Gasteiger partial charge on any atom is 0.180 e. The Bertz CT molecular complexity index is 713. The molecule has 3 nitrogen and oxygen atoms in total. The van der Waals surface area contributed by atoms with E-state index in [9.17, 15) is 8.42 Å². The summed E-state index contributed by atoms with van der Waals surface area (Å²) in [5.74, 6) is -0.103. The lowest BCUT2D eigenvalue weighted by atomic mass is 10.0. The molecule has 0 heterocycles. The molecule has 2 aromatic rings. The van der Waals surface area contributed by atoms with Crippen molar-refractivity contribution in [3.8, 4) is 0 Å². The van der Waals surface area contributed by atoms with Gasteiger partial charge >= 0.3 is 0 Å². The fourth-order valence-electron chi connectivity index (χ4n) is 2.09. The van der Waals surface area contributed by atoms with E-state index in [1.165, 1.54) is 0 Å². The van der Waals surface area contributed by atoms with E-state index in [-0.39, 0.29) is 10.6 Å². The van der Waals surface area contributed by atoms with Crippen molar-refractivity contribution in [1.29, 1.82) is 0 Å². The van der Waals surface area contributed by atoms with Gasteiger partial charge in [-0.05, 0) is 36.2 Å². The largest absolute Gasteiger partial charge is 0.323 e. The van der Waals surface area contributed by atoms with Gasteiger partial charge in [0.25, 0.3) is 0 Å². The first-order chi connectivity index (χ1) is 9.40. The van der Waals surface area contributed by atoms with E-state index in [2.05, 4.69) is 15.9 Å². The summed E-state index contributed by atoms with van der Waals surface area (Å²) in [6.45, 7) is 1.93. The summed E-state index contributed by atoms with van der Waals surface area (Å²) in [7, 11) is -3.40. The highest BCUT2D eigenvalue weighted by Crippen LogP contribution is 2.22. The topological polar surface area (TPSA) is 60.2 Å². The molecule has 0 aliphatic rings. The molecule has 20 heavy (non-hydrogen) atoms. The van der Waals surface area contributed by atoms with Gasteiger partial charge in [0.15, 0.2) is 9.84 Å². The Hall–Kier alpha value is -1.17. The number of hydrogen-bond acceptors (Lipinski definition) is 3. The van der Waals surface area contributed by atoms with Crippen molar-refractivity contribution in [2.75, 3.05) is 5.75 Å². The molecule has 5 heteroatoms. The minimum atomic E-state index is -3.40. The third-order valence-electron chi connectivity index (χ3n) is 3.14. The molecule has 0 aromatic heterocycles. The summed E-state index contributed by atoms with van der Waals surface area (Å²) in [6, 6.07) is 13.7. The zero-order valence-electron chi connectivity index (χ0n) is 11.1. The highest BCUT2D eigenvalue weighted by molar-refractivity contribution is 9.10. The predicted octanol–water partition coefficient (Wildman–Crippen LogP) is 3.23. The standard InChI is InChI=1S/C15H16BrNO2S/c1-11-5-2-3-8-14(11)15(17)10-20(18,19)13-7-4-6-12(16)9-13/h2-9,15H,10,17H2,1H3. The molecule has 1 unspecified atom stereocenters. The van der Waals surface area contributed by atoms with Crippen molar-refractivity contribution in [2.24, 2.45) is 5.73 Å². The first-order valence-corrected chi connectivity index (χ1v) is 8.64. The lowest BCUT2D eigenvalue weighted by molar-refractivity contribution is 0.588. The summed E-state index contributed by atoms with van der Waals surface area (Å²) in [6.07, 6.45) is 0. The highest BCUT2D eigenvalue weighted by Gasteiger charge is 2.21. The van der Waals surface area contributed by atoms with E-state index < -0.39 is 15.9 Å². The van der Waals surface area contributed by atoms with E-state index in [1.54, 1.807) is 24.3 Å². The van der Waals surface area contributed by atoms with Crippen molar-refractivity contribution < 1.29 is 8.42 Å². The van der Waals surface area contributed by atoms with E-state index in [1.807, 2.05) is 31.2 Å². The van der Waals surface area contributed by atoms with Crippen LogP contribution in [0.25, 0.3) is 0 Å². The minimum absolute atomic E-state index is 0.103. The van der Waals surface area contributed by atoms with Gasteiger partial charge in [0.05, 0.1) is 10.6 Å². The number of hydrogen-bond donors (Lipinski definition) is 1. The second kappa shape index (κ2) is 6.08. The number of aryl methyl sites for hydroxylation is 1. The smallest absolute Gasteiger partial charge is 0.180 e. The van der Waals surface area contributed by atoms with Crippen LogP contribution in [0.15, 0.2) is 57.9 Å². The van der Waals surface area contributed by atoms with Crippen LogP contribution < -0.4 is 5.73 Å². The van der Waals surface area contributed by atoms with Crippen molar-refractivity contribution in [2.45, 2.75) is 17.9 Å². The van der Waals surface area contributed by atoms with Crippen molar-refractivity contribution >= 4 is 25.8 Å². The molecular formula is C15H16BrNO2S. The fraction of sp³-hybridized carbons (Fsp3) is 0.200. The van der Waals surface area contributed by atoms with Gasteiger partial charge in [-0.3, -0.25) is 0 Å². The number of nitrogens with two attached hydrogens (primary N) is 1. The maximum atomic E-state index is 12.4. The quantitative estimate of drug-likeness (QED) is 0.917. The molecule has 0 saturated heterocycles. The van der Waals surface area contributed by atoms with E-state index in [0.29, 0.717) is 0 Å². The lowest BCUT2D eigenvalue weighted by Crippen LogP contribution is -2.22. The fourth-order valence-corrected chi connectivity index (χ4v) is 4.07. The van der Waals surface area contributed by atoms with Gasteiger partial charge in [-0.15, -0.1) is 0 Å². The van der Waals surface area contributed by atoms with Crippen molar-refractivity contribution in [3.63, 3.8) is 0 Å². The number of halogens is 1. The SMILES string of the molecule is Cc1ccccc1C(N)CS(=O)(=O)c1cccc(Br)c1. The molecule has 2 N–H and O–H groups in total. The van der Waals surface area contributed by atoms with Crippen LogP contribution in [-0.2, 0) is 9.84 Å². The van der Waals surface area contributed by atoms with Crippen molar-refractivity contribution in [1.82, 2.24) is 0 Å². The molecule has 0 bridgehead atoms. The summed E-state index contributed by atoms with van der Waals surface area (Å²) in [5.41, 5.74) is 7.94. The molecule has 0 spiro atoms. The van der Waals surface area contributed by atoms with Gasteiger partial charge in [-0.25, -0.2) is 8.42 Å². The zero-order chi connectivity index (χ0) is 14.8. The molecule has 106 valence electrons. The van der Waals surface area contributed by atoms with Crippen LogP contribution in [0, 0.1) is 6.92 Å². The van der Waals surface area contributed by atoms with Gasteiger partial charge in [0, 0.05) is 10.5 Å². The number of rotatable bonds is 4. The minimum Gasteiger partial charge on any atom is -0.323 e. The van der Waals surface area contributed by atoms with E-state index in [0.717, 1.165) is 15.6 Å². The summed E-state index contributed by atoms with van der Waals surface area (Å²) in [5, 5.41) is 0. The van der Waals surface area contributed by atoms with Crippen LogP contribution in [0.1, 0.15) is 17.2 Å². The summed E-state index contributed by atoms with van der Waals surface area (Å²) >= 11 is 3.28. The van der Waals surface area contributed by atoms with Gasteiger partial charge in [-0.1, -0.05) is 46.3 Å². The second-order valence-electron chi connectivity index (χ2n) is 4.70. The van der Waals surface area contributed by atoms with Gasteiger partial charge in [0.1, 0.15) is 0 Å². The molecule has 2 rings (SSSR count). The van der Waals surface area contributed by atoms with Gasteiger partial charge in [-0.2, -0.15) is 0 Å².